The summed E-state index contributed by atoms with van der Waals surface area (Å²) in [4.78, 5) is 25.3. The largest absolute Gasteiger partial charge is 0.458 e. The lowest BCUT2D eigenvalue weighted by atomic mass is 9.36. The highest BCUT2D eigenvalue weighted by Crippen LogP contribution is 2.74. The molecular weight excluding hydrogens is 466 g/mol. The molecule has 4 N–H and O–H groups in total. The van der Waals surface area contributed by atoms with E-state index in [9.17, 15) is 19.8 Å². The number of allylic oxidation sites excluding steroid dienone is 3. The number of hydrogen-bond acceptors (Lipinski definition) is 6. The molecule has 6 heteroatoms. The van der Waals surface area contributed by atoms with Gasteiger partial charge < -0.3 is 20.7 Å². The van der Waals surface area contributed by atoms with Crippen LogP contribution in [-0.4, -0.2) is 46.3 Å². The maximum atomic E-state index is 13.0. The van der Waals surface area contributed by atoms with Gasteiger partial charge in [-0.2, -0.15) is 0 Å². The molecule has 4 aliphatic carbocycles. The quantitative estimate of drug-likeness (QED) is 0.284. The van der Waals surface area contributed by atoms with Crippen molar-refractivity contribution >= 4 is 11.8 Å². The Kier molecular flexibility index (Phi) is 7.40. The average molecular weight is 516 g/mol. The zero-order valence-electron chi connectivity index (χ0n) is 24.1. The molecule has 0 saturated heterocycles. The Bertz CT molecular complexity index is 1010. The van der Waals surface area contributed by atoms with Crippen molar-refractivity contribution in [3.05, 3.63) is 22.8 Å². The molecule has 0 amide bonds. The van der Waals surface area contributed by atoms with Gasteiger partial charge in [0.15, 0.2) is 5.78 Å². The highest BCUT2D eigenvalue weighted by atomic mass is 16.5. The van der Waals surface area contributed by atoms with Gasteiger partial charge in [-0.25, -0.2) is 0 Å². The van der Waals surface area contributed by atoms with Crippen molar-refractivity contribution in [2.24, 2.45) is 45.7 Å². The third-order valence-corrected chi connectivity index (χ3v) is 11.6. The highest BCUT2D eigenvalue weighted by Gasteiger charge is 2.71. The van der Waals surface area contributed by atoms with Crippen LogP contribution in [0.15, 0.2) is 22.8 Å². The summed E-state index contributed by atoms with van der Waals surface area (Å²) in [5, 5.41) is 22.8. The lowest BCUT2D eigenvalue weighted by Crippen LogP contribution is -2.68. The van der Waals surface area contributed by atoms with Gasteiger partial charge in [0.2, 0.25) is 0 Å². The maximum Gasteiger partial charge on any atom is 0.303 e. The number of nitrogens with two attached hydrogens (primary N) is 1. The van der Waals surface area contributed by atoms with E-state index in [1.165, 1.54) is 6.92 Å². The Balaban J connectivity index is 1.86. The molecule has 0 unspecified atom stereocenters. The van der Waals surface area contributed by atoms with E-state index in [0.717, 1.165) is 29.6 Å². The standard InChI is InChI=1S/C31H49NO5/c1-16(2)9-10-20(18(4)33)26-22-13-24(35)28-29(6)14-23(32)27(36)17(3)21(29)11-12-30(28,7)31(22,8)15-25(26)37-19(5)34/h9,17,21-25,27-28,35-36H,10-15,32H2,1-8H3/b26-20-/t17-,21-,22-,23-,24+,25-,27-,28-,29-,30-,31-/m0/s1. The zero-order chi connectivity index (χ0) is 27.7. The Morgan fingerprint density at radius 2 is 1.73 bits per heavy atom. The molecule has 37 heavy (non-hydrogen) atoms. The third kappa shape index (κ3) is 4.26. The Morgan fingerprint density at radius 3 is 2.30 bits per heavy atom. The van der Waals surface area contributed by atoms with Gasteiger partial charge in [-0.05, 0) is 105 Å². The van der Waals surface area contributed by atoms with E-state index >= 15 is 0 Å². The topological polar surface area (TPSA) is 110 Å². The first-order chi connectivity index (χ1) is 17.1. The summed E-state index contributed by atoms with van der Waals surface area (Å²) in [5.74, 6) is 0.00897. The van der Waals surface area contributed by atoms with Gasteiger partial charge in [0, 0.05) is 18.5 Å². The minimum Gasteiger partial charge on any atom is -0.458 e. The number of rotatable bonds is 4. The molecule has 6 nitrogen and oxygen atoms in total. The van der Waals surface area contributed by atoms with Crippen molar-refractivity contribution in [1.82, 2.24) is 0 Å². The van der Waals surface area contributed by atoms with E-state index in [1.807, 2.05) is 13.8 Å². The molecule has 4 fully saturated rings. The van der Waals surface area contributed by atoms with Crippen LogP contribution < -0.4 is 5.73 Å². The third-order valence-electron chi connectivity index (χ3n) is 11.6. The summed E-state index contributed by atoms with van der Waals surface area (Å²) in [6, 6.07) is -0.308. The summed E-state index contributed by atoms with van der Waals surface area (Å²) in [5.41, 5.74) is 8.60. The Labute approximate surface area is 223 Å². The molecule has 0 bridgehead atoms. The molecule has 208 valence electrons. The fraction of sp³-hybridized carbons (Fsp3) is 0.806. The molecule has 0 spiro atoms. The number of carbonyl (C=O) groups excluding carboxylic acids is 2. The molecular formula is C31H49NO5. The van der Waals surface area contributed by atoms with Crippen LogP contribution >= 0.6 is 0 Å². The van der Waals surface area contributed by atoms with Crippen molar-refractivity contribution in [1.29, 1.82) is 0 Å². The molecule has 4 rings (SSSR count). The first-order valence-electron chi connectivity index (χ1n) is 14.2. The molecule has 0 aromatic rings. The van der Waals surface area contributed by atoms with Crippen LogP contribution in [0.4, 0.5) is 0 Å². The van der Waals surface area contributed by atoms with Gasteiger partial charge in [-0.1, -0.05) is 39.3 Å². The summed E-state index contributed by atoms with van der Waals surface area (Å²) >= 11 is 0. The van der Waals surface area contributed by atoms with Gasteiger partial charge >= 0.3 is 5.97 Å². The monoisotopic (exact) mass is 515 g/mol. The average Bonchev–Trinajstić information content (AvgIpc) is 3.03. The first-order valence-corrected chi connectivity index (χ1v) is 14.2. The van der Waals surface area contributed by atoms with Gasteiger partial charge in [0.1, 0.15) is 6.10 Å². The van der Waals surface area contributed by atoms with Gasteiger partial charge in [0.25, 0.3) is 0 Å². The number of carbonyl (C=O) groups is 2. The van der Waals surface area contributed by atoms with Crippen molar-refractivity contribution in [2.75, 3.05) is 0 Å². The van der Waals surface area contributed by atoms with Gasteiger partial charge in [-0.3, -0.25) is 9.59 Å². The van der Waals surface area contributed by atoms with Crippen LogP contribution in [0.3, 0.4) is 0 Å². The van der Waals surface area contributed by atoms with E-state index in [-0.39, 0.29) is 51.8 Å². The number of aliphatic hydroxyl groups is 2. The number of Topliss-reactive ketones (excluding diaryl/α,β-unsaturated/α-hetero) is 1. The van der Waals surface area contributed by atoms with Crippen molar-refractivity contribution in [3.63, 3.8) is 0 Å². The summed E-state index contributed by atoms with van der Waals surface area (Å²) in [6.45, 7) is 16.1. The van der Waals surface area contributed by atoms with E-state index in [0.29, 0.717) is 31.6 Å². The van der Waals surface area contributed by atoms with Crippen LogP contribution in [-0.2, 0) is 14.3 Å². The van der Waals surface area contributed by atoms with Crippen LogP contribution in [0, 0.1) is 39.9 Å². The van der Waals surface area contributed by atoms with E-state index in [4.69, 9.17) is 10.5 Å². The predicted molar refractivity (Wildman–Crippen MR) is 144 cm³/mol. The van der Waals surface area contributed by atoms with Crippen LogP contribution in [0.25, 0.3) is 0 Å². The normalized spacial score (nSPS) is 48.3. The predicted octanol–water partition coefficient (Wildman–Crippen LogP) is 4.72. The summed E-state index contributed by atoms with van der Waals surface area (Å²) < 4.78 is 5.95. The minimum absolute atomic E-state index is 0.00686. The minimum atomic E-state index is -0.562. The molecule has 0 aliphatic heterocycles. The molecule has 4 saturated carbocycles. The van der Waals surface area contributed by atoms with Crippen molar-refractivity contribution in [3.8, 4) is 0 Å². The Hall–Kier alpha value is -1.50. The number of aliphatic hydroxyl groups excluding tert-OH is 2. The van der Waals surface area contributed by atoms with Gasteiger partial charge in [-0.15, -0.1) is 0 Å². The molecule has 0 aromatic heterocycles. The zero-order valence-corrected chi connectivity index (χ0v) is 24.1. The molecule has 4 aliphatic rings. The fourth-order valence-corrected chi connectivity index (χ4v) is 9.88. The van der Waals surface area contributed by atoms with Crippen molar-refractivity contribution in [2.45, 2.75) is 118 Å². The van der Waals surface area contributed by atoms with E-state index < -0.39 is 18.3 Å². The number of fused-ring (bicyclic) bond motifs is 5. The van der Waals surface area contributed by atoms with Crippen LogP contribution in [0.1, 0.15) is 93.9 Å². The van der Waals surface area contributed by atoms with Crippen LogP contribution in [0.5, 0.6) is 0 Å². The SMILES string of the molecule is CC(=O)O[C@H]1C[C@@]2(C)[C@@H](C[C@@H](O)[C@H]3[C@@]4(C)C[C@H](N)[C@@H](O)[C@@H](C)[C@@H]4CC[C@@]32C)/C1=C(\CC=C(C)C)C(C)=O. The number of esters is 1. The lowest BCUT2D eigenvalue weighted by Gasteiger charge is -2.69. The molecule has 0 heterocycles. The second kappa shape index (κ2) is 9.60. The Morgan fingerprint density at radius 1 is 1.08 bits per heavy atom. The molecule has 0 radical (unpaired) electrons. The number of ether oxygens (including phenoxy) is 1. The number of ketones is 1. The fourth-order valence-electron chi connectivity index (χ4n) is 9.88. The van der Waals surface area contributed by atoms with E-state index in [1.54, 1.807) is 6.92 Å². The van der Waals surface area contributed by atoms with Crippen LogP contribution in [0.2, 0.25) is 0 Å². The summed E-state index contributed by atoms with van der Waals surface area (Å²) in [7, 11) is 0. The highest BCUT2D eigenvalue weighted by molar-refractivity contribution is 5.94. The lowest BCUT2D eigenvalue weighted by molar-refractivity contribution is -0.236. The van der Waals surface area contributed by atoms with Crippen molar-refractivity contribution < 1.29 is 24.5 Å². The first kappa shape index (κ1) is 28.5. The maximum absolute atomic E-state index is 13.0. The van der Waals surface area contributed by atoms with Gasteiger partial charge in [0.05, 0.1) is 12.2 Å². The molecule has 0 aromatic carbocycles. The number of hydrogen-bond donors (Lipinski definition) is 3. The molecule has 11 atom stereocenters. The second-order valence-corrected chi connectivity index (χ2v) is 13.8. The second-order valence-electron chi connectivity index (χ2n) is 13.8. The smallest absolute Gasteiger partial charge is 0.303 e. The van der Waals surface area contributed by atoms with E-state index in [2.05, 4.69) is 33.8 Å². The summed E-state index contributed by atoms with van der Waals surface area (Å²) in [6.07, 6.45) is 4.83.